The van der Waals surface area contributed by atoms with Crippen molar-refractivity contribution in [1.82, 2.24) is 4.31 Å². The smallest absolute Gasteiger partial charge is 0.214 e. The van der Waals surface area contributed by atoms with E-state index in [-0.39, 0.29) is 5.75 Å². The number of hydrogen-bond acceptors (Lipinski definition) is 3. The van der Waals surface area contributed by atoms with Gasteiger partial charge in [0.05, 0.1) is 5.75 Å². The topological polar surface area (TPSA) is 46.6 Å². The number of sulfonamides is 1. The number of aryl methyl sites for hydroxylation is 1. The molecule has 0 fully saturated rings. The van der Waals surface area contributed by atoms with Crippen molar-refractivity contribution in [2.75, 3.05) is 31.8 Å². The van der Waals surface area contributed by atoms with Crippen molar-refractivity contribution in [3.05, 3.63) is 29.8 Å². The number of halogens is 1. The highest BCUT2D eigenvalue weighted by atomic mass is 35.5. The Morgan fingerprint density at radius 3 is 2.74 bits per heavy atom. The number of rotatable bonds is 8. The van der Waals surface area contributed by atoms with E-state index in [2.05, 4.69) is 0 Å². The summed E-state index contributed by atoms with van der Waals surface area (Å²) in [6.45, 7) is 2.65. The summed E-state index contributed by atoms with van der Waals surface area (Å²) in [6, 6.07) is 7.66. The maximum absolute atomic E-state index is 11.8. The SMILES string of the molecule is Cc1cccc(OCCN(C)S(=O)(=O)CCCCl)c1. The minimum atomic E-state index is -3.22. The molecule has 19 heavy (non-hydrogen) atoms. The number of nitrogens with zero attached hydrogens (tertiary/aromatic N) is 1. The predicted octanol–water partition coefficient (Wildman–Crippen LogP) is 2.26. The van der Waals surface area contributed by atoms with Gasteiger partial charge in [-0.25, -0.2) is 12.7 Å². The highest BCUT2D eigenvalue weighted by molar-refractivity contribution is 7.89. The molecule has 0 aliphatic carbocycles. The van der Waals surface area contributed by atoms with Gasteiger partial charge in [0.1, 0.15) is 12.4 Å². The zero-order valence-electron chi connectivity index (χ0n) is 11.3. The van der Waals surface area contributed by atoms with Gasteiger partial charge in [-0.05, 0) is 31.0 Å². The van der Waals surface area contributed by atoms with Crippen LogP contribution in [0.2, 0.25) is 0 Å². The molecular weight excluding hydrogens is 286 g/mol. The van der Waals surface area contributed by atoms with Crippen LogP contribution in [0.15, 0.2) is 24.3 Å². The van der Waals surface area contributed by atoms with Crippen molar-refractivity contribution in [3.8, 4) is 5.75 Å². The Balaban J connectivity index is 2.40. The van der Waals surface area contributed by atoms with Gasteiger partial charge in [-0.2, -0.15) is 0 Å². The highest BCUT2D eigenvalue weighted by Gasteiger charge is 2.16. The van der Waals surface area contributed by atoms with Crippen LogP contribution >= 0.6 is 11.6 Å². The Labute approximate surface area is 120 Å². The van der Waals surface area contributed by atoms with Crippen molar-refractivity contribution >= 4 is 21.6 Å². The Morgan fingerprint density at radius 2 is 2.11 bits per heavy atom. The van der Waals surface area contributed by atoms with E-state index < -0.39 is 10.0 Å². The van der Waals surface area contributed by atoms with E-state index in [0.29, 0.717) is 25.5 Å². The molecule has 6 heteroatoms. The normalized spacial score (nSPS) is 11.8. The first-order valence-corrected chi connectivity index (χ1v) is 8.29. The summed E-state index contributed by atoms with van der Waals surface area (Å²) in [5.74, 6) is 1.19. The average molecular weight is 306 g/mol. The van der Waals surface area contributed by atoms with E-state index in [1.807, 2.05) is 31.2 Å². The Morgan fingerprint density at radius 1 is 1.37 bits per heavy atom. The van der Waals surface area contributed by atoms with Gasteiger partial charge in [0.2, 0.25) is 10.0 Å². The molecule has 1 aromatic rings. The third kappa shape index (κ3) is 5.80. The third-order valence-electron chi connectivity index (χ3n) is 2.68. The molecule has 0 aromatic heterocycles. The largest absolute Gasteiger partial charge is 0.492 e. The summed E-state index contributed by atoms with van der Waals surface area (Å²) >= 11 is 5.50. The molecule has 0 bridgehead atoms. The Hall–Kier alpha value is -0.780. The van der Waals surface area contributed by atoms with Crippen LogP contribution < -0.4 is 4.74 Å². The quantitative estimate of drug-likeness (QED) is 0.692. The first-order valence-electron chi connectivity index (χ1n) is 6.15. The zero-order chi connectivity index (χ0) is 14.3. The fraction of sp³-hybridized carbons (Fsp3) is 0.538. The van der Waals surface area contributed by atoms with Crippen LogP contribution in [0.1, 0.15) is 12.0 Å². The predicted molar refractivity (Wildman–Crippen MR) is 78.4 cm³/mol. The number of likely N-dealkylation sites (N-methyl/N-ethyl adjacent to an activating group) is 1. The summed E-state index contributed by atoms with van der Waals surface area (Å²) in [6.07, 6.45) is 0.465. The lowest BCUT2D eigenvalue weighted by Gasteiger charge is -2.17. The van der Waals surface area contributed by atoms with Crippen LogP contribution in [0.25, 0.3) is 0 Å². The van der Waals surface area contributed by atoms with Gasteiger partial charge >= 0.3 is 0 Å². The number of ether oxygens (including phenoxy) is 1. The standard InChI is InChI=1S/C13H20ClNO3S/c1-12-5-3-6-13(11-12)18-9-8-15(2)19(16,17)10-4-7-14/h3,5-6,11H,4,7-10H2,1-2H3. The average Bonchev–Trinajstić information content (AvgIpc) is 2.36. The van der Waals surface area contributed by atoms with E-state index in [1.54, 1.807) is 7.05 Å². The van der Waals surface area contributed by atoms with Crippen molar-refractivity contribution in [2.45, 2.75) is 13.3 Å². The molecule has 0 unspecified atom stereocenters. The zero-order valence-corrected chi connectivity index (χ0v) is 12.9. The van der Waals surface area contributed by atoms with Crippen LogP contribution in [0.5, 0.6) is 5.75 Å². The Bertz CT molecular complexity index is 490. The molecular formula is C13H20ClNO3S. The van der Waals surface area contributed by atoms with Crippen molar-refractivity contribution < 1.29 is 13.2 Å². The maximum atomic E-state index is 11.8. The molecule has 0 amide bonds. The summed E-state index contributed by atoms with van der Waals surface area (Å²) in [7, 11) is -1.66. The van der Waals surface area contributed by atoms with Crippen molar-refractivity contribution in [1.29, 1.82) is 0 Å². The molecule has 4 nitrogen and oxygen atoms in total. The van der Waals surface area contributed by atoms with Crippen LogP contribution in [0, 0.1) is 6.92 Å². The second-order valence-corrected chi connectivity index (χ2v) is 6.92. The molecule has 0 heterocycles. The van der Waals surface area contributed by atoms with Crippen molar-refractivity contribution in [3.63, 3.8) is 0 Å². The lowest BCUT2D eigenvalue weighted by Crippen LogP contribution is -2.32. The molecule has 0 N–H and O–H groups in total. The fourth-order valence-corrected chi connectivity index (χ4v) is 2.99. The van der Waals surface area contributed by atoms with Gasteiger partial charge in [-0.15, -0.1) is 11.6 Å². The third-order valence-corrected chi connectivity index (χ3v) is 4.88. The summed E-state index contributed by atoms with van der Waals surface area (Å²) in [5, 5.41) is 0. The van der Waals surface area contributed by atoms with E-state index in [4.69, 9.17) is 16.3 Å². The van der Waals surface area contributed by atoms with Gasteiger partial charge in [0.15, 0.2) is 0 Å². The molecule has 0 aliphatic heterocycles. The molecule has 0 spiro atoms. The number of benzene rings is 1. The first kappa shape index (κ1) is 16.3. The van der Waals surface area contributed by atoms with E-state index in [9.17, 15) is 8.42 Å². The van der Waals surface area contributed by atoms with Crippen LogP contribution in [0.4, 0.5) is 0 Å². The van der Waals surface area contributed by atoms with Gasteiger partial charge in [-0.1, -0.05) is 12.1 Å². The molecule has 0 saturated heterocycles. The Kier molecular flexibility index (Phi) is 6.62. The minimum absolute atomic E-state index is 0.0808. The van der Waals surface area contributed by atoms with Crippen LogP contribution in [-0.4, -0.2) is 44.6 Å². The second kappa shape index (κ2) is 7.72. The monoisotopic (exact) mass is 305 g/mol. The van der Waals surface area contributed by atoms with Gasteiger partial charge in [0.25, 0.3) is 0 Å². The second-order valence-electron chi connectivity index (χ2n) is 4.35. The molecule has 0 aliphatic rings. The summed E-state index contributed by atoms with van der Waals surface area (Å²) in [5.41, 5.74) is 1.11. The van der Waals surface area contributed by atoms with Gasteiger partial charge in [0, 0.05) is 19.5 Å². The minimum Gasteiger partial charge on any atom is -0.492 e. The molecule has 108 valence electrons. The number of alkyl halides is 1. The first-order chi connectivity index (χ1) is 8.95. The number of hydrogen-bond donors (Lipinski definition) is 0. The summed E-state index contributed by atoms with van der Waals surface area (Å²) < 4.78 is 30.4. The van der Waals surface area contributed by atoms with E-state index in [1.165, 1.54) is 4.31 Å². The van der Waals surface area contributed by atoms with Crippen LogP contribution in [0.3, 0.4) is 0 Å². The maximum Gasteiger partial charge on any atom is 0.214 e. The lowest BCUT2D eigenvalue weighted by molar-refractivity contribution is 0.286. The summed E-state index contributed by atoms with van der Waals surface area (Å²) in [4.78, 5) is 0. The molecule has 0 atom stereocenters. The fourth-order valence-electron chi connectivity index (χ4n) is 1.53. The molecule has 0 saturated carbocycles. The van der Waals surface area contributed by atoms with Gasteiger partial charge < -0.3 is 4.74 Å². The van der Waals surface area contributed by atoms with Crippen molar-refractivity contribution in [2.24, 2.45) is 0 Å². The molecule has 0 radical (unpaired) electrons. The van der Waals surface area contributed by atoms with Gasteiger partial charge in [-0.3, -0.25) is 0 Å². The molecule has 1 aromatic carbocycles. The van der Waals surface area contributed by atoms with Crippen LogP contribution in [-0.2, 0) is 10.0 Å². The lowest BCUT2D eigenvalue weighted by atomic mass is 10.2. The molecule has 1 rings (SSSR count). The van der Waals surface area contributed by atoms with E-state index >= 15 is 0 Å². The van der Waals surface area contributed by atoms with E-state index in [0.717, 1.165) is 11.3 Å². The highest BCUT2D eigenvalue weighted by Crippen LogP contribution is 2.12.